The number of halogens is 5. The lowest BCUT2D eigenvalue weighted by Gasteiger charge is -2.24. The highest BCUT2D eigenvalue weighted by Gasteiger charge is 2.33. The van der Waals surface area contributed by atoms with Gasteiger partial charge in [0.05, 0.1) is 5.03 Å². The summed E-state index contributed by atoms with van der Waals surface area (Å²) >= 11 is 8.61. The van der Waals surface area contributed by atoms with Crippen LogP contribution in [0.3, 0.4) is 0 Å². The van der Waals surface area contributed by atoms with Crippen LogP contribution in [0.2, 0.25) is 0 Å². The highest BCUT2D eigenvalue weighted by atomic mass is 79.9. The highest BCUT2D eigenvalue weighted by Crippen LogP contribution is 2.23. The fourth-order valence-corrected chi connectivity index (χ4v) is 1.95. The molecule has 0 unspecified atom stereocenters. The summed E-state index contributed by atoms with van der Waals surface area (Å²) in [6.07, 6.45) is -4.50. The van der Waals surface area contributed by atoms with E-state index in [9.17, 15) is 18.0 Å². The molecule has 104 valence electrons. The summed E-state index contributed by atoms with van der Waals surface area (Å²) in [4.78, 5) is 12.2. The van der Waals surface area contributed by atoms with Crippen molar-refractivity contribution in [2.45, 2.75) is 12.7 Å². The predicted molar refractivity (Wildman–Crippen MR) is 70.6 cm³/mol. The molecule has 0 aliphatic rings. The van der Waals surface area contributed by atoms with Crippen LogP contribution in [0.15, 0.2) is 40.3 Å². The van der Waals surface area contributed by atoms with Gasteiger partial charge in [0.1, 0.15) is 6.54 Å². The molecule has 1 rings (SSSR count). The van der Waals surface area contributed by atoms with Crippen LogP contribution in [-0.4, -0.2) is 23.5 Å². The maximum atomic E-state index is 12.5. The summed E-state index contributed by atoms with van der Waals surface area (Å²) in [6, 6.07) is 6.70. The van der Waals surface area contributed by atoms with Gasteiger partial charge >= 0.3 is 6.18 Å². The molecule has 1 aromatic rings. The third-order valence-corrected chi connectivity index (χ3v) is 3.14. The third kappa shape index (κ3) is 5.24. The molecule has 7 heteroatoms. The number of rotatable bonds is 4. The van der Waals surface area contributed by atoms with Crippen molar-refractivity contribution >= 4 is 33.4 Å². The first-order valence-corrected chi connectivity index (χ1v) is 6.31. The zero-order chi connectivity index (χ0) is 14.6. The molecule has 0 aliphatic heterocycles. The molecule has 1 aromatic carbocycles. The number of benzene rings is 1. The molecule has 0 heterocycles. The van der Waals surface area contributed by atoms with Crippen molar-refractivity contribution in [3.63, 3.8) is 0 Å². The normalized spacial score (nSPS) is 11.2. The summed E-state index contributed by atoms with van der Waals surface area (Å²) in [7, 11) is 0. The molecule has 2 nitrogen and oxygen atoms in total. The Balaban J connectivity index is 2.95. The molecular weight excluding hydrogens is 346 g/mol. The van der Waals surface area contributed by atoms with Gasteiger partial charge in [-0.1, -0.05) is 52.3 Å². The van der Waals surface area contributed by atoms with Gasteiger partial charge in [-0.3, -0.25) is 4.79 Å². The molecule has 0 N–H and O–H groups in total. The smallest absolute Gasteiger partial charge is 0.324 e. The lowest BCUT2D eigenvalue weighted by Crippen LogP contribution is -2.38. The number of nitrogens with zero attached hydrogens (tertiary/aromatic N) is 1. The number of hydrogen-bond acceptors (Lipinski definition) is 1. The summed E-state index contributed by atoms with van der Waals surface area (Å²) in [5.41, 5.74) is 0.554. The van der Waals surface area contributed by atoms with Crippen molar-refractivity contribution in [1.82, 2.24) is 4.90 Å². The van der Waals surface area contributed by atoms with Gasteiger partial charge in [0.25, 0.3) is 5.91 Å². The molecule has 19 heavy (non-hydrogen) atoms. The van der Waals surface area contributed by atoms with Crippen molar-refractivity contribution in [3.8, 4) is 0 Å². The average molecular weight is 357 g/mol. The van der Waals surface area contributed by atoms with Gasteiger partial charge in [0, 0.05) is 11.0 Å². The lowest BCUT2D eigenvalue weighted by atomic mass is 10.2. The van der Waals surface area contributed by atoms with Crippen LogP contribution in [0.25, 0.3) is 0 Å². The maximum Gasteiger partial charge on any atom is 0.406 e. The molecule has 0 aromatic heterocycles. The second kappa shape index (κ2) is 6.43. The standard InChI is InChI=1S/C12H10BrClF3NO/c1-8(14)11(19)18(7-12(15,16)17)6-9-4-2-3-5-10(9)13/h2-5H,1,6-7H2. The van der Waals surface area contributed by atoms with Crippen LogP contribution in [0.4, 0.5) is 13.2 Å². The zero-order valence-corrected chi connectivity index (χ0v) is 12.0. The first kappa shape index (κ1) is 16.0. The fourth-order valence-electron chi connectivity index (χ4n) is 1.42. The second-order valence-electron chi connectivity index (χ2n) is 3.77. The van der Waals surface area contributed by atoms with E-state index in [1.807, 2.05) is 0 Å². The van der Waals surface area contributed by atoms with Gasteiger partial charge in [-0.15, -0.1) is 0 Å². The van der Waals surface area contributed by atoms with Crippen LogP contribution in [-0.2, 0) is 11.3 Å². The van der Waals surface area contributed by atoms with E-state index in [4.69, 9.17) is 11.6 Å². The van der Waals surface area contributed by atoms with E-state index in [-0.39, 0.29) is 6.54 Å². The molecule has 0 atom stereocenters. The number of alkyl halides is 3. The Kier molecular flexibility index (Phi) is 5.43. The van der Waals surface area contributed by atoms with Crippen molar-refractivity contribution in [2.75, 3.05) is 6.54 Å². The Bertz CT molecular complexity index is 490. The number of amides is 1. The SMILES string of the molecule is C=C(Cl)C(=O)N(Cc1ccccc1Br)CC(F)(F)F. The quantitative estimate of drug-likeness (QED) is 0.744. The minimum Gasteiger partial charge on any atom is -0.324 e. The number of carbonyl (C=O) groups is 1. The molecule has 0 aliphatic carbocycles. The van der Waals surface area contributed by atoms with Gasteiger partial charge in [-0.25, -0.2) is 0 Å². The Hall–Kier alpha value is -1.01. The van der Waals surface area contributed by atoms with Crippen LogP contribution < -0.4 is 0 Å². The molecule has 0 saturated carbocycles. The summed E-state index contributed by atoms with van der Waals surface area (Å²) in [5, 5.41) is -0.448. The Labute approximate surface area is 122 Å². The molecule has 0 radical (unpaired) electrons. The lowest BCUT2D eigenvalue weighted by molar-refractivity contribution is -0.159. The molecule has 0 saturated heterocycles. The van der Waals surface area contributed by atoms with Crippen molar-refractivity contribution < 1.29 is 18.0 Å². The summed E-state index contributed by atoms with van der Waals surface area (Å²) in [5.74, 6) is -0.935. The molecule has 1 amide bonds. The Morgan fingerprint density at radius 2 is 1.95 bits per heavy atom. The minimum atomic E-state index is -4.50. The van der Waals surface area contributed by atoms with Gasteiger partial charge in [0.2, 0.25) is 0 Å². The van der Waals surface area contributed by atoms with E-state index in [1.54, 1.807) is 24.3 Å². The van der Waals surface area contributed by atoms with Crippen LogP contribution in [0.1, 0.15) is 5.56 Å². The van der Waals surface area contributed by atoms with Gasteiger partial charge in [-0.2, -0.15) is 13.2 Å². The van der Waals surface area contributed by atoms with E-state index in [0.29, 0.717) is 14.9 Å². The van der Waals surface area contributed by atoms with E-state index in [0.717, 1.165) is 0 Å². The first-order chi connectivity index (χ1) is 8.70. The largest absolute Gasteiger partial charge is 0.406 e. The molecule has 0 bridgehead atoms. The monoisotopic (exact) mass is 355 g/mol. The fraction of sp³-hybridized carbons (Fsp3) is 0.250. The van der Waals surface area contributed by atoms with Crippen molar-refractivity contribution in [1.29, 1.82) is 0 Å². The topological polar surface area (TPSA) is 20.3 Å². The summed E-state index contributed by atoms with van der Waals surface area (Å²) < 4.78 is 38.0. The van der Waals surface area contributed by atoms with Gasteiger partial charge in [0.15, 0.2) is 0 Å². The van der Waals surface area contributed by atoms with Crippen molar-refractivity contribution in [2.24, 2.45) is 0 Å². The van der Waals surface area contributed by atoms with E-state index >= 15 is 0 Å². The molecule has 0 fully saturated rings. The maximum absolute atomic E-state index is 12.5. The summed E-state index contributed by atoms with van der Waals surface area (Å²) in [6.45, 7) is 1.59. The predicted octanol–water partition coefficient (Wildman–Crippen LogP) is 4.09. The second-order valence-corrected chi connectivity index (χ2v) is 5.08. The van der Waals surface area contributed by atoms with Crippen LogP contribution in [0, 0.1) is 0 Å². The molecular formula is C12H10BrClF3NO. The van der Waals surface area contributed by atoms with Crippen molar-refractivity contribution in [3.05, 3.63) is 45.9 Å². The first-order valence-electron chi connectivity index (χ1n) is 5.14. The Morgan fingerprint density at radius 1 is 1.37 bits per heavy atom. The third-order valence-electron chi connectivity index (χ3n) is 2.21. The Morgan fingerprint density at radius 3 is 2.42 bits per heavy atom. The van der Waals surface area contributed by atoms with Gasteiger partial charge < -0.3 is 4.90 Å². The van der Waals surface area contributed by atoms with E-state index in [1.165, 1.54) is 0 Å². The molecule has 0 spiro atoms. The van der Waals surface area contributed by atoms with E-state index in [2.05, 4.69) is 22.5 Å². The zero-order valence-electron chi connectivity index (χ0n) is 9.68. The van der Waals surface area contributed by atoms with Crippen LogP contribution >= 0.6 is 27.5 Å². The van der Waals surface area contributed by atoms with Crippen LogP contribution in [0.5, 0.6) is 0 Å². The van der Waals surface area contributed by atoms with E-state index < -0.39 is 23.7 Å². The number of hydrogen-bond donors (Lipinski definition) is 0. The average Bonchev–Trinajstić information content (AvgIpc) is 2.28. The van der Waals surface area contributed by atoms with Gasteiger partial charge in [-0.05, 0) is 11.6 Å². The highest BCUT2D eigenvalue weighted by molar-refractivity contribution is 9.10. The number of carbonyl (C=O) groups excluding carboxylic acids is 1. The minimum absolute atomic E-state index is 0.203.